The third-order valence-electron chi connectivity index (χ3n) is 9.87. The Hall–Kier alpha value is -2.54. The second-order valence-corrected chi connectivity index (χ2v) is 12.2. The highest BCUT2D eigenvalue weighted by atomic mass is 16.5. The molecule has 2 aliphatic carbocycles. The van der Waals surface area contributed by atoms with Crippen molar-refractivity contribution in [3.63, 3.8) is 0 Å². The molecule has 2 aromatic rings. The second-order valence-electron chi connectivity index (χ2n) is 12.2. The van der Waals surface area contributed by atoms with E-state index in [0.717, 1.165) is 35.7 Å². The Kier molecular flexibility index (Phi) is 7.39. The van der Waals surface area contributed by atoms with Crippen LogP contribution in [0, 0.1) is 17.2 Å². The van der Waals surface area contributed by atoms with Gasteiger partial charge in [-0.3, -0.25) is 14.5 Å². The highest BCUT2D eigenvalue weighted by Gasteiger charge is 2.47. The molecule has 0 amide bonds. The zero-order chi connectivity index (χ0) is 26.2. The first-order valence-electron chi connectivity index (χ1n) is 15.0. The molecular formula is C31H42N4O3. The van der Waals surface area contributed by atoms with Gasteiger partial charge in [0.25, 0.3) is 5.56 Å². The molecule has 4 bridgehead atoms. The molecule has 7 heteroatoms. The Morgan fingerprint density at radius 1 is 0.921 bits per heavy atom. The van der Waals surface area contributed by atoms with E-state index >= 15 is 0 Å². The summed E-state index contributed by atoms with van der Waals surface area (Å²) in [5.74, 6) is 1.48. The highest BCUT2D eigenvalue weighted by molar-refractivity contribution is 5.98. The number of esters is 1. The average molecular weight is 519 g/mol. The van der Waals surface area contributed by atoms with E-state index in [4.69, 9.17) is 10.1 Å². The Labute approximate surface area is 225 Å². The van der Waals surface area contributed by atoms with Crippen molar-refractivity contribution in [2.45, 2.75) is 115 Å². The third kappa shape index (κ3) is 4.94. The van der Waals surface area contributed by atoms with Crippen molar-refractivity contribution in [1.82, 2.24) is 14.5 Å². The van der Waals surface area contributed by atoms with Crippen molar-refractivity contribution in [3.8, 4) is 0 Å². The predicted octanol–water partition coefficient (Wildman–Crippen LogP) is 5.63. The molecule has 38 heavy (non-hydrogen) atoms. The van der Waals surface area contributed by atoms with Crippen LogP contribution in [0.3, 0.4) is 0 Å². The maximum absolute atomic E-state index is 13.9. The molecule has 2 saturated heterocycles. The summed E-state index contributed by atoms with van der Waals surface area (Å²) < 4.78 is 6.98. The van der Waals surface area contributed by atoms with Crippen LogP contribution in [-0.4, -0.2) is 50.9 Å². The monoisotopic (exact) mass is 518 g/mol. The van der Waals surface area contributed by atoms with Crippen LogP contribution in [0.25, 0.3) is 11.0 Å². The smallest absolute Gasteiger partial charge is 0.306 e. The zero-order valence-corrected chi connectivity index (χ0v) is 22.7. The number of nitrogens with zero attached hydrogens (tertiary/aromatic N) is 3. The fraction of sp³-hybridized carbons (Fsp3) is 0.677. The number of piperidine rings is 1. The SMILES string of the molecule is CCOC(=O)CCC(=N)c1nc2ccccc2n([C@H]2C[C@H]3CC[C@@H](C2)N3C2CC3CCCCC(C3)C2)c1=O. The molecule has 1 N–H and O–H groups in total. The summed E-state index contributed by atoms with van der Waals surface area (Å²) in [7, 11) is 0. The van der Waals surface area contributed by atoms with E-state index in [1.54, 1.807) is 6.92 Å². The normalized spacial score (nSPS) is 31.2. The number of hydrogen-bond donors (Lipinski definition) is 1. The zero-order valence-electron chi connectivity index (χ0n) is 22.7. The van der Waals surface area contributed by atoms with E-state index in [1.807, 2.05) is 28.8 Å². The lowest BCUT2D eigenvalue weighted by Crippen LogP contribution is -2.52. The van der Waals surface area contributed by atoms with Crippen LogP contribution in [0.5, 0.6) is 0 Å². The molecule has 2 saturated carbocycles. The number of aromatic nitrogens is 2. The number of fused-ring (bicyclic) bond motifs is 5. The van der Waals surface area contributed by atoms with Crippen molar-refractivity contribution >= 4 is 22.7 Å². The number of nitrogens with one attached hydrogen (secondary N) is 1. The van der Waals surface area contributed by atoms with Gasteiger partial charge in [-0.15, -0.1) is 0 Å². The number of carbonyl (C=O) groups is 1. The van der Waals surface area contributed by atoms with E-state index in [-0.39, 0.29) is 41.8 Å². The second kappa shape index (κ2) is 10.9. The van der Waals surface area contributed by atoms with Gasteiger partial charge in [0.1, 0.15) is 5.69 Å². The molecular weight excluding hydrogens is 476 g/mol. The first-order valence-corrected chi connectivity index (χ1v) is 15.0. The van der Waals surface area contributed by atoms with E-state index in [1.165, 1.54) is 57.8 Å². The van der Waals surface area contributed by atoms with Gasteiger partial charge in [0.05, 0.1) is 29.8 Å². The Morgan fingerprint density at radius 3 is 2.29 bits per heavy atom. The predicted molar refractivity (Wildman–Crippen MR) is 149 cm³/mol. The lowest BCUT2D eigenvalue weighted by Gasteiger charge is -2.48. The third-order valence-corrected chi connectivity index (χ3v) is 9.87. The maximum Gasteiger partial charge on any atom is 0.306 e. The Morgan fingerprint density at radius 2 is 1.61 bits per heavy atom. The van der Waals surface area contributed by atoms with Crippen LogP contribution in [0.2, 0.25) is 0 Å². The van der Waals surface area contributed by atoms with Crippen LogP contribution >= 0.6 is 0 Å². The van der Waals surface area contributed by atoms with E-state index in [9.17, 15) is 9.59 Å². The van der Waals surface area contributed by atoms with Gasteiger partial charge >= 0.3 is 5.97 Å². The largest absolute Gasteiger partial charge is 0.466 e. The van der Waals surface area contributed by atoms with Gasteiger partial charge in [-0.25, -0.2) is 4.98 Å². The summed E-state index contributed by atoms with van der Waals surface area (Å²) in [6.45, 7) is 2.09. The van der Waals surface area contributed by atoms with Crippen LogP contribution in [0.15, 0.2) is 29.1 Å². The molecule has 7 nitrogen and oxygen atoms in total. The average Bonchev–Trinajstić information content (AvgIpc) is 3.06. The number of ether oxygens (including phenoxy) is 1. The fourth-order valence-electron chi connectivity index (χ4n) is 8.39. The molecule has 5 atom stereocenters. The molecule has 0 spiro atoms. The highest BCUT2D eigenvalue weighted by Crippen LogP contribution is 2.47. The van der Waals surface area contributed by atoms with Crippen molar-refractivity contribution in [3.05, 3.63) is 40.3 Å². The van der Waals surface area contributed by atoms with Crippen molar-refractivity contribution in [2.75, 3.05) is 6.61 Å². The molecule has 204 valence electrons. The summed E-state index contributed by atoms with van der Waals surface area (Å²) in [4.78, 5) is 33.3. The molecule has 1 aromatic heterocycles. The summed E-state index contributed by atoms with van der Waals surface area (Å²) in [6, 6.07) is 9.74. The minimum Gasteiger partial charge on any atom is -0.466 e. The quantitative estimate of drug-likeness (QED) is 0.379. The van der Waals surface area contributed by atoms with Gasteiger partial charge in [0.2, 0.25) is 0 Å². The van der Waals surface area contributed by atoms with Crippen molar-refractivity contribution < 1.29 is 9.53 Å². The van der Waals surface area contributed by atoms with E-state index in [2.05, 4.69) is 9.88 Å². The first-order chi connectivity index (χ1) is 18.5. The van der Waals surface area contributed by atoms with E-state index in [0.29, 0.717) is 24.7 Å². The molecule has 4 fully saturated rings. The van der Waals surface area contributed by atoms with Crippen LogP contribution in [0.4, 0.5) is 0 Å². The minimum absolute atomic E-state index is 0.0898. The molecule has 1 aromatic carbocycles. The van der Waals surface area contributed by atoms with Gasteiger partial charge in [0, 0.05) is 30.6 Å². The van der Waals surface area contributed by atoms with Gasteiger partial charge < -0.3 is 14.7 Å². The number of hydrogen-bond acceptors (Lipinski definition) is 6. The minimum atomic E-state index is -0.343. The van der Waals surface area contributed by atoms with E-state index < -0.39 is 0 Å². The molecule has 2 unspecified atom stereocenters. The maximum atomic E-state index is 13.9. The topological polar surface area (TPSA) is 88.3 Å². The number of para-hydroxylation sites is 2. The van der Waals surface area contributed by atoms with Crippen LogP contribution in [-0.2, 0) is 9.53 Å². The Bertz CT molecular complexity index is 1230. The molecule has 0 radical (unpaired) electrons. The summed E-state index contributed by atoms with van der Waals surface area (Å²) in [5, 5.41) is 8.63. The van der Waals surface area contributed by atoms with Crippen molar-refractivity contribution in [1.29, 1.82) is 5.41 Å². The van der Waals surface area contributed by atoms with Gasteiger partial charge in [-0.1, -0.05) is 37.8 Å². The van der Waals surface area contributed by atoms with Crippen LogP contribution in [0.1, 0.15) is 102 Å². The molecule has 2 aliphatic heterocycles. The lowest BCUT2D eigenvalue weighted by atomic mass is 9.76. The number of benzene rings is 1. The summed E-state index contributed by atoms with van der Waals surface area (Å²) >= 11 is 0. The summed E-state index contributed by atoms with van der Waals surface area (Å²) in [5.41, 5.74) is 1.72. The first kappa shape index (κ1) is 25.7. The Balaban J connectivity index is 1.26. The molecule has 4 aliphatic rings. The van der Waals surface area contributed by atoms with Gasteiger partial charge in [0.15, 0.2) is 0 Å². The fourth-order valence-corrected chi connectivity index (χ4v) is 8.39. The summed E-state index contributed by atoms with van der Waals surface area (Å²) in [6.07, 6.45) is 14.5. The molecule has 6 rings (SSSR count). The van der Waals surface area contributed by atoms with Gasteiger partial charge in [-0.2, -0.15) is 0 Å². The molecule has 3 heterocycles. The van der Waals surface area contributed by atoms with Crippen molar-refractivity contribution in [2.24, 2.45) is 11.8 Å². The number of rotatable bonds is 7. The van der Waals surface area contributed by atoms with Crippen LogP contribution < -0.4 is 5.56 Å². The lowest BCUT2D eigenvalue weighted by molar-refractivity contribution is -0.142. The van der Waals surface area contributed by atoms with Gasteiger partial charge in [-0.05, 0) is 75.8 Å². The number of carbonyl (C=O) groups excluding carboxylic acids is 1. The standard InChI is InChI=1S/C31H42N4O3/c1-2-38-29(36)14-13-26(32)30-31(37)35(28-10-6-5-9-27(28)33-30)25-18-22-11-12-23(19-25)34(22)24-16-20-7-3-4-8-21(15-20)17-24/h5-6,9-10,20-25,32H,2-4,7-8,11-19H2,1H3/t20?,21?,22-,23+,24?,25+.